The lowest BCUT2D eigenvalue weighted by Crippen LogP contribution is -2.40. The van der Waals surface area contributed by atoms with Gasteiger partial charge in [-0.1, -0.05) is 6.07 Å². The molecule has 1 amide bonds. The van der Waals surface area contributed by atoms with Gasteiger partial charge in [-0.05, 0) is 53.7 Å². The molecule has 1 saturated heterocycles. The van der Waals surface area contributed by atoms with Crippen molar-refractivity contribution < 1.29 is 9.90 Å². The van der Waals surface area contributed by atoms with Gasteiger partial charge in [0.25, 0.3) is 5.91 Å². The van der Waals surface area contributed by atoms with E-state index in [9.17, 15) is 9.90 Å². The predicted molar refractivity (Wildman–Crippen MR) is 78.9 cm³/mol. The summed E-state index contributed by atoms with van der Waals surface area (Å²) in [6, 6.07) is 5.33. The molecule has 2 rings (SSSR count). The Morgan fingerprint density at radius 3 is 2.68 bits per heavy atom. The van der Waals surface area contributed by atoms with E-state index in [1.165, 1.54) is 0 Å². The number of likely N-dealkylation sites (tertiary alicyclic amines) is 1. The quantitative estimate of drug-likeness (QED) is 0.819. The van der Waals surface area contributed by atoms with Crippen LogP contribution in [0.5, 0.6) is 0 Å². The highest BCUT2D eigenvalue weighted by Gasteiger charge is 2.27. The lowest BCUT2D eigenvalue weighted by molar-refractivity contribution is 0.0521. The summed E-state index contributed by atoms with van der Waals surface area (Å²) >= 11 is 3.37. The van der Waals surface area contributed by atoms with Crippen molar-refractivity contribution in [3.05, 3.63) is 28.2 Å². The van der Waals surface area contributed by atoms with Gasteiger partial charge in [0.05, 0.1) is 16.1 Å². The Morgan fingerprint density at radius 1 is 1.47 bits per heavy atom. The second-order valence-electron chi connectivity index (χ2n) is 5.08. The minimum atomic E-state index is -0.295. The third-order valence-electron chi connectivity index (χ3n) is 3.77. The van der Waals surface area contributed by atoms with E-state index in [2.05, 4.69) is 15.9 Å². The number of halogens is 1. The zero-order chi connectivity index (χ0) is 14.0. The van der Waals surface area contributed by atoms with Crippen LogP contribution in [0.3, 0.4) is 0 Å². The van der Waals surface area contributed by atoms with Crippen LogP contribution >= 0.6 is 15.9 Å². The molecule has 3 N–H and O–H groups in total. The van der Waals surface area contributed by atoms with E-state index in [0.29, 0.717) is 34.7 Å². The molecule has 1 heterocycles. The summed E-state index contributed by atoms with van der Waals surface area (Å²) < 4.78 is 0.664. The zero-order valence-electron chi connectivity index (χ0n) is 11.0. The summed E-state index contributed by atoms with van der Waals surface area (Å²) in [6.45, 7) is 3.20. The molecule has 0 aromatic heterocycles. The fourth-order valence-electron chi connectivity index (χ4n) is 2.47. The number of hydrogen-bond acceptors (Lipinski definition) is 3. The van der Waals surface area contributed by atoms with E-state index in [1.807, 2.05) is 11.8 Å². The van der Waals surface area contributed by atoms with E-state index >= 15 is 0 Å². The highest BCUT2D eigenvalue weighted by Crippen LogP contribution is 2.27. The van der Waals surface area contributed by atoms with E-state index in [1.54, 1.807) is 18.2 Å². The fraction of sp³-hybridized carbons (Fsp3) is 0.500. The second-order valence-corrected chi connectivity index (χ2v) is 5.87. The van der Waals surface area contributed by atoms with Crippen molar-refractivity contribution in [1.29, 1.82) is 0 Å². The summed E-state index contributed by atoms with van der Waals surface area (Å²) in [6.07, 6.45) is 1.41. The maximum atomic E-state index is 12.4. The lowest BCUT2D eigenvalue weighted by atomic mass is 9.92. The number of piperidine rings is 1. The number of rotatable bonds is 2. The molecule has 19 heavy (non-hydrogen) atoms. The number of benzene rings is 1. The van der Waals surface area contributed by atoms with Crippen LogP contribution in [0.15, 0.2) is 22.7 Å². The molecule has 0 aliphatic carbocycles. The van der Waals surface area contributed by atoms with Gasteiger partial charge >= 0.3 is 0 Å². The van der Waals surface area contributed by atoms with Crippen LogP contribution in [0.4, 0.5) is 5.69 Å². The molecule has 1 aliphatic rings. The number of hydrogen-bond donors (Lipinski definition) is 2. The SMILES string of the molecule is CC(O)C1CCN(C(=O)c2cccc(N)c2Br)CC1. The molecule has 0 radical (unpaired) electrons. The average Bonchev–Trinajstić information content (AvgIpc) is 2.41. The Kier molecular flexibility index (Phi) is 4.47. The maximum Gasteiger partial charge on any atom is 0.255 e. The number of nitrogen functional groups attached to an aromatic ring is 1. The number of aliphatic hydroxyl groups is 1. The van der Waals surface area contributed by atoms with Gasteiger partial charge < -0.3 is 15.7 Å². The number of anilines is 1. The lowest BCUT2D eigenvalue weighted by Gasteiger charge is -2.33. The summed E-state index contributed by atoms with van der Waals surface area (Å²) in [5, 5.41) is 9.57. The molecule has 0 spiro atoms. The Hall–Kier alpha value is -1.07. The number of nitrogens with two attached hydrogens (primary N) is 1. The molecule has 5 heteroatoms. The van der Waals surface area contributed by atoms with Gasteiger partial charge in [-0.2, -0.15) is 0 Å². The second kappa shape index (κ2) is 5.92. The largest absolute Gasteiger partial charge is 0.398 e. The predicted octanol–water partition coefficient (Wildman–Crippen LogP) is 2.26. The molecule has 1 atom stereocenters. The van der Waals surface area contributed by atoms with Crippen molar-refractivity contribution in [3.63, 3.8) is 0 Å². The van der Waals surface area contributed by atoms with Crippen molar-refractivity contribution >= 4 is 27.5 Å². The third-order valence-corrected chi connectivity index (χ3v) is 4.65. The summed E-state index contributed by atoms with van der Waals surface area (Å²) in [5.41, 5.74) is 6.98. The van der Waals surface area contributed by atoms with Gasteiger partial charge in [-0.15, -0.1) is 0 Å². The Bertz CT molecular complexity index is 469. The summed E-state index contributed by atoms with van der Waals surface area (Å²) in [4.78, 5) is 14.3. The van der Waals surface area contributed by atoms with Gasteiger partial charge in [0.2, 0.25) is 0 Å². The number of amides is 1. The summed E-state index contributed by atoms with van der Waals surface area (Å²) in [5.74, 6) is 0.302. The molecular weight excluding hydrogens is 308 g/mol. The highest BCUT2D eigenvalue weighted by molar-refractivity contribution is 9.10. The van der Waals surface area contributed by atoms with Crippen LogP contribution in [0.2, 0.25) is 0 Å². The van der Waals surface area contributed by atoms with Crippen LogP contribution in [-0.4, -0.2) is 35.1 Å². The molecule has 4 nitrogen and oxygen atoms in total. The smallest absolute Gasteiger partial charge is 0.255 e. The van der Waals surface area contributed by atoms with Crippen molar-refractivity contribution in [3.8, 4) is 0 Å². The minimum Gasteiger partial charge on any atom is -0.398 e. The molecule has 1 aromatic rings. The Morgan fingerprint density at radius 2 is 2.11 bits per heavy atom. The van der Waals surface area contributed by atoms with Gasteiger partial charge in [0.1, 0.15) is 0 Å². The number of aliphatic hydroxyl groups excluding tert-OH is 1. The first-order valence-electron chi connectivity index (χ1n) is 6.52. The molecule has 0 saturated carbocycles. The molecule has 1 fully saturated rings. The summed E-state index contributed by atoms with van der Waals surface area (Å²) in [7, 11) is 0. The van der Waals surface area contributed by atoms with Crippen molar-refractivity contribution in [2.45, 2.75) is 25.9 Å². The fourth-order valence-corrected chi connectivity index (χ4v) is 2.90. The average molecular weight is 327 g/mol. The van der Waals surface area contributed by atoms with Gasteiger partial charge in [-0.3, -0.25) is 4.79 Å². The van der Waals surface area contributed by atoms with Crippen LogP contribution in [-0.2, 0) is 0 Å². The molecule has 1 aliphatic heterocycles. The Balaban J connectivity index is 2.07. The normalized spacial score (nSPS) is 18.4. The van der Waals surface area contributed by atoms with Gasteiger partial charge in [-0.25, -0.2) is 0 Å². The van der Waals surface area contributed by atoms with Crippen LogP contribution in [0.25, 0.3) is 0 Å². The topological polar surface area (TPSA) is 66.6 Å². The third kappa shape index (κ3) is 3.09. The van der Waals surface area contributed by atoms with Crippen molar-refractivity contribution in [1.82, 2.24) is 4.90 Å². The van der Waals surface area contributed by atoms with Crippen molar-refractivity contribution in [2.24, 2.45) is 5.92 Å². The highest BCUT2D eigenvalue weighted by atomic mass is 79.9. The number of nitrogens with zero attached hydrogens (tertiary/aromatic N) is 1. The maximum absolute atomic E-state index is 12.4. The number of carbonyl (C=O) groups is 1. The molecule has 104 valence electrons. The van der Waals surface area contributed by atoms with Crippen molar-refractivity contribution in [2.75, 3.05) is 18.8 Å². The first-order valence-corrected chi connectivity index (χ1v) is 7.31. The van der Waals surface area contributed by atoms with Crippen LogP contribution in [0, 0.1) is 5.92 Å². The van der Waals surface area contributed by atoms with E-state index < -0.39 is 0 Å². The monoisotopic (exact) mass is 326 g/mol. The van der Waals surface area contributed by atoms with Gasteiger partial charge in [0.15, 0.2) is 0 Å². The molecule has 1 aromatic carbocycles. The van der Waals surface area contributed by atoms with Gasteiger partial charge in [0, 0.05) is 18.8 Å². The van der Waals surface area contributed by atoms with E-state index in [4.69, 9.17) is 5.73 Å². The molecular formula is C14H19BrN2O2. The Labute approximate surface area is 121 Å². The van der Waals surface area contributed by atoms with E-state index in [-0.39, 0.29) is 12.0 Å². The zero-order valence-corrected chi connectivity index (χ0v) is 12.6. The van der Waals surface area contributed by atoms with E-state index in [0.717, 1.165) is 12.8 Å². The first kappa shape index (κ1) is 14.3. The van der Waals surface area contributed by atoms with Crippen LogP contribution < -0.4 is 5.73 Å². The molecule has 0 bridgehead atoms. The number of carbonyl (C=O) groups excluding carboxylic acids is 1. The molecule has 1 unspecified atom stereocenters. The minimum absolute atomic E-state index is 0.00298. The first-order chi connectivity index (χ1) is 9.00. The standard InChI is InChI=1S/C14H19BrN2O2/c1-9(18)10-5-7-17(8-6-10)14(19)11-3-2-4-12(16)13(11)15/h2-4,9-10,18H,5-8,16H2,1H3. The van der Waals surface area contributed by atoms with Crippen LogP contribution in [0.1, 0.15) is 30.1 Å².